The lowest BCUT2D eigenvalue weighted by Gasteiger charge is -2.20. The molecule has 1 saturated heterocycles. The average Bonchev–Trinajstić information content (AvgIpc) is 2.85. The highest BCUT2D eigenvalue weighted by Gasteiger charge is 2.17. The summed E-state index contributed by atoms with van der Waals surface area (Å²) in [5, 5.41) is 2.81. The van der Waals surface area contributed by atoms with Gasteiger partial charge in [-0.3, -0.25) is 9.59 Å². The molecule has 3 rings (SSSR count). The van der Waals surface area contributed by atoms with Crippen molar-refractivity contribution < 1.29 is 9.59 Å². The quantitative estimate of drug-likeness (QED) is 0.831. The summed E-state index contributed by atoms with van der Waals surface area (Å²) in [6.07, 6.45) is 6.25. The topological polar surface area (TPSA) is 65.2 Å². The number of hydrogen-bond donors (Lipinski definition) is 2. The number of amides is 2. The second-order valence-corrected chi connectivity index (χ2v) is 6.89. The normalized spacial score (nSPS) is 15.0. The minimum Gasteiger partial charge on any atom is -0.356 e. The molecule has 0 unspecified atom stereocenters. The number of anilines is 1. The van der Waals surface area contributed by atoms with Crippen LogP contribution in [0.5, 0.6) is 0 Å². The fraction of sp³-hybridized carbons (Fsp3) is 0.333. The van der Waals surface area contributed by atoms with Crippen LogP contribution in [0.1, 0.15) is 46.5 Å². The first kappa shape index (κ1) is 16.8. The van der Waals surface area contributed by atoms with Gasteiger partial charge in [0.2, 0.25) is 0 Å². The van der Waals surface area contributed by atoms with E-state index in [9.17, 15) is 9.59 Å². The van der Waals surface area contributed by atoms with Gasteiger partial charge in [0.25, 0.3) is 11.8 Å². The lowest BCUT2D eigenvalue weighted by molar-refractivity contribution is 0.0761. The monoisotopic (exact) mass is 389 g/mol. The highest BCUT2D eigenvalue weighted by molar-refractivity contribution is 9.10. The molecule has 5 nitrogen and oxygen atoms in total. The molecule has 1 aliphatic rings. The van der Waals surface area contributed by atoms with Crippen molar-refractivity contribution in [2.45, 2.75) is 25.7 Å². The maximum absolute atomic E-state index is 12.5. The Morgan fingerprint density at radius 1 is 1.04 bits per heavy atom. The molecule has 6 heteroatoms. The number of likely N-dealkylation sites (tertiary alicyclic amines) is 1. The van der Waals surface area contributed by atoms with Crippen LogP contribution in [0.25, 0.3) is 0 Å². The molecular formula is C18H20BrN3O2. The molecule has 0 spiro atoms. The summed E-state index contributed by atoms with van der Waals surface area (Å²) < 4.78 is 0.825. The molecule has 0 bridgehead atoms. The third-order valence-corrected chi connectivity index (χ3v) is 4.63. The Balaban J connectivity index is 1.64. The zero-order valence-corrected chi connectivity index (χ0v) is 14.9. The maximum Gasteiger partial charge on any atom is 0.272 e. The van der Waals surface area contributed by atoms with Gasteiger partial charge >= 0.3 is 0 Å². The van der Waals surface area contributed by atoms with Crippen LogP contribution < -0.4 is 5.32 Å². The van der Waals surface area contributed by atoms with Crippen LogP contribution >= 0.6 is 15.9 Å². The lowest BCUT2D eigenvalue weighted by Crippen LogP contribution is -2.31. The van der Waals surface area contributed by atoms with Gasteiger partial charge < -0.3 is 15.2 Å². The standard InChI is InChI=1S/C18H20BrN3O2/c19-14-11-16(20-12-14)17(23)21-15-7-5-13(6-8-15)18(24)22-9-3-1-2-4-10-22/h5-8,11-12,20H,1-4,9-10H2,(H,21,23). The van der Waals surface area contributed by atoms with E-state index >= 15 is 0 Å². The first-order chi connectivity index (χ1) is 11.6. The van der Waals surface area contributed by atoms with Crippen molar-refractivity contribution >= 4 is 33.4 Å². The number of aromatic nitrogens is 1. The minimum atomic E-state index is -0.215. The molecule has 0 atom stereocenters. The number of carbonyl (C=O) groups is 2. The molecule has 2 aromatic rings. The molecule has 1 aromatic carbocycles. The average molecular weight is 390 g/mol. The van der Waals surface area contributed by atoms with E-state index in [1.165, 1.54) is 12.8 Å². The molecule has 1 fully saturated rings. The summed E-state index contributed by atoms with van der Waals surface area (Å²) in [7, 11) is 0. The maximum atomic E-state index is 12.5. The summed E-state index contributed by atoms with van der Waals surface area (Å²) in [6, 6.07) is 8.79. The highest BCUT2D eigenvalue weighted by Crippen LogP contribution is 2.17. The molecule has 0 aliphatic carbocycles. The smallest absolute Gasteiger partial charge is 0.272 e. The molecule has 24 heavy (non-hydrogen) atoms. The van der Waals surface area contributed by atoms with Crippen molar-refractivity contribution in [2.75, 3.05) is 18.4 Å². The van der Waals surface area contributed by atoms with Gasteiger partial charge in [0.1, 0.15) is 5.69 Å². The number of nitrogens with zero attached hydrogens (tertiary/aromatic N) is 1. The Bertz CT molecular complexity index is 716. The zero-order chi connectivity index (χ0) is 16.9. The van der Waals surface area contributed by atoms with Crippen molar-refractivity contribution in [3.63, 3.8) is 0 Å². The van der Waals surface area contributed by atoms with Gasteiger partial charge in [0.15, 0.2) is 0 Å². The Labute approximate surface area is 149 Å². The predicted octanol–water partition coefficient (Wildman–Crippen LogP) is 4.05. The first-order valence-electron chi connectivity index (χ1n) is 8.18. The molecule has 0 radical (unpaired) electrons. The van der Waals surface area contributed by atoms with Gasteiger partial charge in [-0.15, -0.1) is 0 Å². The number of halogens is 1. The van der Waals surface area contributed by atoms with Gasteiger partial charge in [-0.05, 0) is 59.1 Å². The van der Waals surface area contributed by atoms with Gasteiger partial charge in [-0.2, -0.15) is 0 Å². The summed E-state index contributed by atoms with van der Waals surface area (Å²) in [4.78, 5) is 29.4. The van der Waals surface area contributed by atoms with Crippen LogP contribution in [0.15, 0.2) is 41.0 Å². The molecule has 1 aliphatic heterocycles. The van der Waals surface area contributed by atoms with Crippen LogP contribution in [-0.2, 0) is 0 Å². The van der Waals surface area contributed by atoms with Crippen LogP contribution in [0.4, 0.5) is 5.69 Å². The van der Waals surface area contributed by atoms with Crippen molar-refractivity contribution in [3.05, 3.63) is 52.3 Å². The predicted molar refractivity (Wildman–Crippen MR) is 97.3 cm³/mol. The Morgan fingerprint density at radius 2 is 1.71 bits per heavy atom. The third kappa shape index (κ3) is 4.06. The van der Waals surface area contributed by atoms with Crippen LogP contribution in [0.2, 0.25) is 0 Å². The van der Waals surface area contributed by atoms with Crippen LogP contribution in [0.3, 0.4) is 0 Å². The Morgan fingerprint density at radius 3 is 2.29 bits per heavy atom. The van der Waals surface area contributed by atoms with E-state index in [0.29, 0.717) is 16.9 Å². The summed E-state index contributed by atoms with van der Waals surface area (Å²) in [6.45, 7) is 1.66. The second-order valence-electron chi connectivity index (χ2n) is 5.97. The van der Waals surface area contributed by atoms with Crippen molar-refractivity contribution in [1.29, 1.82) is 0 Å². The summed E-state index contributed by atoms with van der Waals surface area (Å²) in [5.74, 6) is -0.143. The van der Waals surface area contributed by atoms with E-state index in [1.807, 2.05) is 4.90 Å². The summed E-state index contributed by atoms with van der Waals surface area (Å²) >= 11 is 3.30. The number of rotatable bonds is 3. The SMILES string of the molecule is O=C(Nc1ccc(C(=O)N2CCCCCC2)cc1)c1cc(Br)c[nH]1. The van der Waals surface area contributed by atoms with E-state index in [-0.39, 0.29) is 11.8 Å². The van der Waals surface area contributed by atoms with Crippen LogP contribution in [-0.4, -0.2) is 34.8 Å². The Hall–Kier alpha value is -2.08. The zero-order valence-electron chi connectivity index (χ0n) is 13.3. The largest absolute Gasteiger partial charge is 0.356 e. The molecule has 2 N–H and O–H groups in total. The van der Waals surface area contributed by atoms with Gasteiger partial charge in [-0.25, -0.2) is 0 Å². The fourth-order valence-electron chi connectivity index (χ4n) is 2.85. The van der Waals surface area contributed by atoms with Gasteiger partial charge in [0.05, 0.1) is 0 Å². The van der Waals surface area contributed by atoms with E-state index in [1.54, 1.807) is 36.5 Å². The highest BCUT2D eigenvalue weighted by atomic mass is 79.9. The van der Waals surface area contributed by atoms with Crippen LogP contribution in [0, 0.1) is 0 Å². The Kier molecular flexibility index (Phi) is 5.35. The minimum absolute atomic E-state index is 0.0723. The number of carbonyl (C=O) groups excluding carboxylic acids is 2. The van der Waals surface area contributed by atoms with E-state index < -0.39 is 0 Å². The third-order valence-electron chi connectivity index (χ3n) is 4.18. The van der Waals surface area contributed by atoms with Crippen molar-refractivity contribution in [3.8, 4) is 0 Å². The number of hydrogen-bond acceptors (Lipinski definition) is 2. The molecule has 0 saturated carbocycles. The van der Waals surface area contributed by atoms with Gasteiger partial charge in [0, 0.05) is 35.0 Å². The molecule has 2 heterocycles. The van der Waals surface area contributed by atoms with Crippen molar-refractivity contribution in [2.24, 2.45) is 0 Å². The number of H-pyrrole nitrogens is 1. The second kappa shape index (κ2) is 7.66. The number of benzene rings is 1. The van der Waals surface area contributed by atoms with E-state index in [4.69, 9.17) is 0 Å². The molecular weight excluding hydrogens is 370 g/mol. The fourth-order valence-corrected chi connectivity index (χ4v) is 3.19. The molecule has 126 valence electrons. The van der Waals surface area contributed by atoms with E-state index in [2.05, 4.69) is 26.2 Å². The van der Waals surface area contributed by atoms with E-state index in [0.717, 1.165) is 30.4 Å². The first-order valence-corrected chi connectivity index (χ1v) is 8.97. The lowest BCUT2D eigenvalue weighted by atomic mass is 10.1. The summed E-state index contributed by atoms with van der Waals surface area (Å²) in [5.41, 5.74) is 1.81. The molecule has 1 aromatic heterocycles. The number of nitrogens with one attached hydrogen (secondary N) is 2. The molecule has 2 amide bonds. The number of aromatic amines is 1. The van der Waals surface area contributed by atoms with Gasteiger partial charge in [-0.1, -0.05) is 12.8 Å². The van der Waals surface area contributed by atoms with Crippen molar-refractivity contribution in [1.82, 2.24) is 9.88 Å².